The van der Waals surface area contributed by atoms with Crippen LogP contribution in [0.1, 0.15) is 135 Å². The highest BCUT2D eigenvalue weighted by molar-refractivity contribution is 7.39. The van der Waals surface area contributed by atoms with E-state index in [1.165, 1.54) is 109 Å². The standard InChI is InChI=1S/C23H47O3P/c1-2-3-4-5-6-7-8-9-10-11-12-13-14-15-16-17-18-19-20-21-22(24)26-23(25)27/h22,24H,2-21,27H2,1H3. The number of aliphatic hydroxyl groups is 1. The SMILES string of the molecule is CCCCCCCCCCCCCCCCCCCCCC(O)OC(=O)P. The van der Waals surface area contributed by atoms with Crippen LogP contribution < -0.4 is 0 Å². The summed E-state index contributed by atoms with van der Waals surface area (Å²) in [5.41, 5.74) is -0.486. The van der Waals surface area contributed by atoms with Crippen LogP contribution in [-0.2, 0) is 4.74 Å². The van der Waals surface area contributed by atoms with Gasteiger partial charge in [0.05, 0.1) is 0 Å². The number of rotatable bonds is 21. The van der Waals surface area contributed by atoms with Gasteiger partial charge < -0.3 is 9.84 Å². The Morgan fingerprint density at radius 3 is 1.26 bits per heavy atom. The largest absolute Gasteiger partial charge is 0.433 e. The summed E-state index contributed by atoms with van der Waals surface area (Å²) in [6.07, 6.45) is 25.4. The van der Waals surface area contributed by atoms with Crippen molar-refractivity contribution in [2.45, 2.75) is 142 Å². The van der Waals surface area contributed by atoms with E-state index in [1.807, 2.05) is 9.24 Å². The second-order valence-electron chi connectivity index (χ2n) is 8.04. The highest BCUT2D eigenvalue weighted by Gasteiger charge is 2.06. The molecule has 0 saturated heterocycles. The summed E-state index contributed by atoms with van der Waals surface area (Å²) < 4.78 is 4.67. The summed E-state index contributed by atoms with van der Waals surface area (Å²) in [5.74, 6) is 0. The molecule has 0 spiro atoms. The zero-order valence-corrected chi connectivity index (χ0v) is 19.2. The molecule has 0 bridgehead atoms. The fourth-order valence-electron chi connectivity index (χ4n) is 3.59. The first-order chi connectivity index (χ1) is 13.2. The zero-order chi connectivity index (χ0) is 20.0. The minimum atomic E-state index is -0.930. The molecule has 0 aromatic heterocycles. The second kappa shape index (κ2) is 22.2. The minimum absolute atomic E-state index is 0.486. The molecule has 2 atom stereocenters. The Kier molecular flexibility index (Phi) is 22.0. The van der Waals surface area contributed by atoms with Crippen molar-refractivity contribution in [1.29, 1.82) is 0 Å². The van der Waals surface area contributed by atoms with Crippen LogP contribution in [0.15, 0.2) is 0 Å². The summed E-state index contributed by atoms with van der Waals surface area (Å²) >= 11 is 0. The normalized spacial score (nSPS) is 12.3. The fraction of sp³-hybridized carbons (Fsp3) is 0.957. The lowest BCUT2D eigenvalue weighted by Gasteiger charge is -2.09. The highest BCUT2D eigenvalue weighted by atomic mass is 31.0. The number of unbranched alkanes of at least 4 members (excludes halogenated alkanes) is 18. The van der Waals surface area contributed by atoms with Gasteiger partial charge in [0.15, 0.2) is 0 Å². The molecule has 0 aromatic rings. The van der Waals surface area contributed by atoms with Gasteiger partial charge in [-0.1, -0.05) is 122 Å². The lowest BCUT2D eigenvalue weighted by molar-refractivity contribution is -0.0476. The molecule has 0 rings (SSSR count). The van der Waals surface area contributed by atoms with Gasteiger partial charge in [-0.3, -0.25) is 0 Å². The van der Waals surface area contributed by atoms with E-state index in [1.54, 1.807) is 0 Å². The molecule has 0 saturated carbocycles. The smallest absolute Gasteiger partial charge is 0.322 e. The predicted molar refractivity (Wildman–Crippen MR) is 120 cm³/mol. The topological polar surface area (TPSA) is 46.5 Å². The van der Waals surface area contributed by atoms with Gasteiger partial charge in [-0.15, -0.1) is 0 Å². The van der Waals surface area contributed by atoms with E-state index < -0.39 is 12.0 Å². The molecule has 27 heavy (non-hydrogen) atoms. The molecule has 0 aliphatic heterocycles. The third-order valence-corrected chi connectivity index (χ3v) is 5.44. The van der Waals surface area contributed by atoms with Crippen molar-refractivity contribution < 1.29 is 14.6 Å². The molecule has 0 fully saturated rings. The molecule has 4 heteroatoms. The minimum Gasteiger partial charge on any atom is -0.433 e. The molecule has 0 amide bonds. The van der Waals surface area contributed by atoms with Crippen molar-refractivity contribution in [1.82, 2.24) is 0 Å². The van der Waals surface area contributed by atoms with Gasteiger partial charge in [0.25, 0.3) is 0 Å². The lowest BCUT2D eigenvalue weighted by atomic mass is 10.0. The zero-order valence-electron chi connectivity index (χ0n) is 18.1. The molecule has 3 nitrogen and oxygen atoms in total. The van der Waals surface area contributed by atoms with Gasteiger partial charge in [-0.2, -0.15) is 0 Å². The number of aliphatic hydroxyl groups excluding tert-OH is 1. The third-order valence-electron chi connectivity index (χ3n) is 5.31. The van der Waals surface area contributed by atoms with Crippen LogP contribution in [0.4, 0.5) is 4.79 Å². The average molecular weight is 403 g/mol. The van der Waals surface area contributed by atoms with Crippen LogP contribution in [-0.4, -0.2) is 17.1 Å². The van der Waals surface area contributed by atoms with Crippen molar-refractivity contribution in [3.63, 3.8) is 0 Å². The van der Waals surface area contributed by atoms with E-state index in [4.69, 9.17) is 0 Å². The Labute approximate surface area is 171 Å². The summed E-state index contributed by atoms with van der Waals surface area (Å²) in [7, 11) is 1.92. The van der Waals surface area contributed by atoms with E-state index in [0.29, 0.717) is 6.42 Å². The number of hydrogen-bond donors (Lipinski definition) is 1. The maximum Gasteiger partial charge on any atom is 0.322 e. The Morgan fingerprint density at radius 1 is 0.667 bits per heavy atom. The molecule has 0 heterocycles. The van der Waals surface area contributed by atoms with Crippen LogP contribution >= 0.6 is 9.24 Å². The van der Waals surface area contributed by atoms with Gasteiger partial charge in [0, 0.05) is 6.42 Å². The lowest BCUT2D eigenvalue weighted by Crippen LogP contribution is -2.12. The molecule has 0 radical (unpaired) electrons. The molecular weight excluding hydrogens is 355 g/mol. The first-order valence-corrected chi connectivity index (χ1v) is 12.4. The highest BCUT2D eigenvalue weighted by Crippen LogP contribution is 2.15. The Hall–Kier alpha value is -0.140. The molecule has 2 unspecified atom stereocenters. The second-order valence-corrected chi connectivity index (χ2v) is 8.52. The number of hydrogen-bond acceptors (Lipinski definition) is 3. The average Bonchev–Trinajstić information content (AvgIpc) is 2.63. The van der Waals surface area contributed by atoms with Gasteiger partial charge in [0.1, 0.15) is 0 Å². The quantitative estimate of drug-likeness (QED) is 0.120. The van der Waals surface area contributed by atoms with Crippen molar-refractivity contribution in [3.8, 4) is 0 Å². The monoisotopic (exact) mass is 402 g/mol. The maximum absolute atomic E-state index is 10.6. The molecule has 0 aliphatic rings. The first-order valence-electron chi connectivity index (χ1n) is 11.8. The van der Waals surface area contributed by atoms with Crippen LogP contribution in [0.25, 0.3) is 0 Å². The number of ether oxygens (including phenoxy) is 1. The summed E-state index contributed by atoms with van der Waals surface area (Å²) in [4.78, 5) is 10.6. The number of carbonyl (C=O) groups is 1. The van der Waals surface area contributed by atoms with E-state index in [2.05, 4.69) is 11.7 Å². The van der Waals surface area contributed by atoms with Crippen LogP contribution in [0.3, 0.4) is 0 Å². The van der Waals surface area contributed by atoms with Gasteiger partial charge >= 0.3 is 5.71 Å². The van der Waals surface area contributed by atoms with Gasteiger partial charge in [-0.05, 0) is 15.7 Å². The van der Waals surface area contributed by atoms with Crippen molar-refractivity contribution in [3.05, 3.63) is 0 Å². The van der Waals surface area contributed by atoms with E-state index >= 15 is 0 Å². The maximum atomic E-state index is 10.6. The summed E-state index contributed by atoms with van der Waals surface area (Å²) in [5, 5.41) is 9.41. The van der Waals surface area contributed by atoms with Crippen LogP contribution in [0, 0.1) is 0 Å². The van der Waals surface area contributed by atoms with Crippen LogP contribution in [0.2, 0.25) is 0 Å². The van der Waals surface area contributed by atoms with Crippen molar-refractivity contribution >= 4 is 15.0 Å². The van der Waals surface area contributed by atoms with Gasteiger partial charge in [0.2, 0.25) is 6.29 Å². The van der Waals surface area contributed by atoms with Crippen LogP contribution in [0.5, 0.6) is 0 Å². The van der Waals surface area contributed by atoms with E-state index in [9.17, 15) is 9.90 Å². The van der Waals surface area contributed by atoms with Gasteiger partial charge in [-0.25, -0.2) is 4.79 Å². The molecule has 1 N–H and O–H groups in total. The summed E-state index contributed by atoms with van der Waals surface area (Å²) in [6.45, 7) is 2.28. The molecule has 162 valence electrons. The Bertz CT molecular complexity index is 310. The Morgan fingerprint density at radius 2 is 0.963 bits per heavy atom. The molecular formula is C23H47O3P. The molecule has 0 aromatic carbocycles. The summed E-state index contributed by atoms with van der Waals surface area (Å²) in [6, 6.07) is 0. The Balaban J connectivity index is 3.06. The first kappa shape index (κ1) is 26.9. The third kappa shape index (κ3) is 23.8. The van der Waals surface area contributed by atoms with Crippen molar-refractivity contribution in [2.75, 3.05) is 0 Å². The predicted octanol–water partition coefficient (Wildman–Crippen LogP) is 8.14. The fourth-order valence-corrected chi connectivity index (χ4v) is 3.75. The van der Waals surface area contributed by atoms with E-state index in [-0.39, 0.29) is 0 Å². The number of carbonyl (C=O) groups excluding carboxylic acids is 1. The van der Waals surface area contributed by atoms with E-state index in [0.717, 1.165) is 12.8 Å². The molecule has 0 aliphatic carbocycles. The van der Waals surface area contributed by atoms with Crippen molar-refractivity contribution in [2.24, 2.45) is 0 Å².